The second kappa shape index (κ2) is 9.08. The Kier molecular flexibility index (Phi) is 6.82. The average Bonchev–Trinajstić information content (AvgIpc) is 2.89. The fourth-order valence-corrected chi connectivity index (χ4v) is 2.69. The summed E-state index contributed by atoms with van der Waals surface area (Å²) in [5.41, 5.74) is 1.61. The first-order valence-corrected chi connectivity index (χ1v) is 8.30. The molecule has 0 radical (unpaired) electrons. The summed E-state index contributed by atoms with van der Waals surface area (Å²) < 4.78 is 1.57. The Balaban J connectivity index is 1.91. The summed E-state index contributed by atoms with van der Waals surface area (Å²) in [4.78, 5) is 23.0. The van der Waals surface area contributed by atoms with Gasteiger partial charge in [0, 0.05) is 25.7 Å². The number of rotatable bonds is 8. The van der Waals surface area contributed by atoms with Gasteiger partial charge in [-0.25, -0.2) is 4.79 Å². The van der Waals surface area contributed by atoms with Crippen LogP contribution in [0, 0.1) is 0 Å². The van der Waals surface area contributed by atoms with Crippen molar-refractivity contribution >= 4 is 23.6 Å². The lowest BCUT2D eigenvalue weighted by Crippen LogP contribution is -2.43. The molecule has 2 rings (SSSR count). The number of carboxylic acids is 1. The molecule has 1 unspecified atom stereocenters. The molecule has 0 aliphatic rings. The van der Waals surface area contributed by atoms with E-state index in [0.717, 1.165) is 5.56 Å². The number of aromatic nitrogens is 2. The van der Waals surface area contributed by atoms with Crippen molar-refractivity contribution < 1.29 is 14.7 Å². The minimum atomic E-state index is -0.888. The van der Waals surface area contributed by atoms with Crippen molar-refractivity contribution in [1.29, 1.82) is 0 Å². The Morgan fingerprint density at radius 3 is 2.64 bits per heavy atom. The highest BCUT2D eigenvalue weighted by Crippen LogP contribution is 2.12. The van der Waals surface area contributed by atoms with Crippen LogP contribution in [-0.2, 0) is 24.8 Å². The van der Waals surface area contributed by atoms with Gasteiger partial charge < -0.3 is 15.7 Å². The number of nitrogens with zero attached hydrogens (tertiary/aromatic N) is 2. The van der Waals surface area contributed by atoms with Crippen molar-refractivity contribution in [2.75, 3.05) is 0 Å². The predicted octanol–water partition coefficient (Wildman–Crippen LogP) is 2.35. The molecular weight excluding hydrogens is 344 g/mol. The molecule has 3 N–H and O–H groups in total. The van der Waals surface area contributed by atoms with Gasteiger partial charge in [-0.2, -0.15) is 5.10 Å². The summed E-state index contributed by atoms with van der Waals surface area (Å²) in [7, 11) is 1.75. The van der Waals surface area contributed by atoms with E-state index in [9.17, 15) is 9.59 Å². The van der Waals surface area contributed by atoms with E-state index in [4.69, 9.17) is 16.7 Å². The molecule has 1 aromatic carbocycles. The molecule has 0 saturated carbocycles. The number of halogens is 1. The van der Waals surface area contributed by atoms with Crippen LogP contribution >= 0.6 is 11.6 Å². The van der Waals surface area contributed by atoms with Gasteiger partial charge in [0.15, 0.2) is 0 Å². The zero-order chi connectivity index (χ0) is 18.2. The van der Waals surface area contributed by atoms with Crippen molar-refractivity contribution in [2.24, 2.45) is 7.05 Å². The van der Waals surface area contributed by atoms with Crippen LogP contribution < -0.4 is 10.6 Å². The van der Waals surface area contributed by atoms with Gasteiger partial charge in [0.05, 0.1) is 11.6 Å². The molecule has 0 aliphatic carbocycles. The van der Waals surface area contributed by atoms with E-state index in [1.807, 2.05) is 30.3 Å². The number of nitrogens with one attached hydrogen (secondary N) is 2. The first kappa shape index (κ1) is 18.8. The highest BCUT2D eigenvalue weighted by Gasteiger charge is 2.15. The van der Waals surface area contributed by atoms with E-state index in [0.29, 0.717) is 23.6 Å². The molecule has 0 bridgehead atoms. The van der Waals surface area contributed by atoms with Gasteiger partial charge >= 0.3 is 12.0 Å². The van der Waals surface area contributed by atoms with E-state index in [1.54, 1.807) is 17.9 Å². The number of urea groups is 1. The molecule has 25 heavy (non-hydrogen) atoms. The van der Waals surface area contributed by atoms with Gasteiger partial charge in [0.25, 0.3) is 0 Å². The zero-order valence-electron chi connectivity index (χ0n) is 13.9. The molecule has 0 fully saturated rings. The first-order chi connectivity index (χ1) is 11.9. The molecule has 0 saturated heterocycles. The third kappa shape index (κ3) is 6.46. The number of carbonyl (C=O) groups excluding carboxylic acids is 1. The fraction of sp³-hybridized carbons (Fsp3) is 0.353. The van der Waals surface area contributed by atoms with Gasteiger partial charge in [0.2, 0.25) is 0 Å². The standard InChI is InChI=1S/C17H21ClN4O3/c1-22-11-14(18)15(21-22)10-19-17(25)20-13(7-8-16(23)24)9-12-5-3-2-4-6-12/h2-6,11,13H,7-10H2,1H3,(H,23,24)(H2,19,20,25). The van der Waals surface area contributed by atoms with Crippen molar-refractivity contribution in [3.63, 3.8) is 0 Å². The Morgan fingerprint density at radius 1 is 1.32 bits per heavy atom. The lowest BCUT2D eigenvalue weighted by Gasteiger charge is -2.18. The molecule has 8 heteroatoms. The molecule has 2 aromatic rings. The maximum Gasteiger partial charge on any atom is 0.315 e. The van der Waals surface area contributed by atoms with E-state index in [-0.39, 0.29) is 25.0 Å². The van der Waals surface area contributed by atoms with Crippen molar-refractivity contribution in [3.05, 3.63) is 52.8 Å². The lowest BCUT2D eigenvalue weighted by molar-refractivity contribution is -0.137. The third-order valence-corrected chi connectivity index (χ3v) is 3.95. The predicted molar refractivity (Wildman–Crippen MR) is 94.4 cm³/mol. The van der Waals surface area contributed by atoms with Crippen LogP contribution in [0.15, 0.2) is 36.5 Å². The second-order valence-corrected chi connectivity index (χ2v) is 6.15. The summed E-state index contributed by atoms with van der Waals surface area (Å²) in [6.07, 6.45) is 2.55. The summed E-state index contributed by atoms with van der Waals surface area (Å²) in [6.45, 7) is 0.197. The van der Waals surface area contributed by atoms with Crippen LogP contribution in [0.25, 0.3) is 0 Å². The average molecular weight is 365 g/mol. The molecule has 0 aliphatic heterocycles. The fourth-order valence-electron chi connectivity index (χ4n) is 2.45. The van der Waals surface area contributed by atoms with Gasteiger partial charge in [-0.3, -0.25) is 9.48 Å². The van der Waals surface area contributed by atoms with Gasteiger partial charge in [0.1, 0.15) is 5.69 Å². The van der Waals surface area contributed by atoms with Crippen LogP contribution in [0.5, 0.6) is 0 Å². The lowest BCUT2D eigenvalue weighted by atomic mass is 10.0. The van der Waals surface area contributed by atoms with Gasteiger partial charge in [-0.1, -0.05) is 41.9 Å². The minimum absolute atomic E-state index is 0.0101. The monoisotopic (exact) mass is 364 g/mol. The molecule has 1 aromatic heterocycles. The van der Waals surface area contributed by atoms with Crippen molar-refractivity contribution in [2.45, 2.75) is 31.8 Å². The number of aryl methyl sites for hydroxylation is 1. The molecule has 0 spiro atoms. The smallest absolute Gasteiger partial charge is 0.315 e. The van der Waals surface area contributed by atoms with E-state index in [1.165, 1.54) is 0 Å². The Hall–Kier alpha value is -2.54. The summed E-state index contributed by atoms with van der Waals surface area (Å²) in [6, 6.07) is 8.96. The molecule has 1 atom stereocenters. The normalized spacial score (nSPS) is 11.8. The van der Waals surface area contributed by atoms with Gasteiger partial charge in [-0.15, -0.1) is 0 Å². The molecular formula is C17H21ClN4O3. The van der Waals surface area contributed by atoms with Crippen LogP contribution in [0.3, 0.4) is 0 Å². The maximum absolute atomic E-state index is 12.1. The Morgan fingerprint density at radius 2 is 2.04 bits per heavy atom. The minimum Gasteiger partial charge on any atom is -0.481 e. The van der Waals surface area contributed by atoms with Crippen LogP contribution in [0.4, 0.5) is 4.79 Å². The quantitative estimate of drug-likeness (QED) is 0.669. The molecule has 7 nitrogen and oxygen atoms in total. The number of carboxylic acid groups (broad SMARTS) is 1. The number of benzene rings is 1. The maximum atomic E-state index is 12.1. The second-order valence-electron chi connectivity index (χ2n) is 5.74. The van der Waals surface area contributed by atoms with Crippen molar-refractivity contribution in [1.82, 2.24) is 20.4 Å². The highest BCUT2D eigenvalue weighted by atomic mass is 35.5. The number of hydrogen-bond acceptors (Lipinski definition) is 3. The van der Waals surface area contributed by atoms with Crippen LogP contribution in [0.2, 0.25) is 5.02 Å². The van der Waals surface area contributed by atoms with Crippen LogP contribution in [-0.4, -0.2) is 32.9 Å². The summed E-state index contributed by atoms with van der Waals surface area (Å²) in [5.74, 6) is -0.888. The van der Waals surface area contributed by atoms with E-state index < -0.39 is 5.97 Å². The van der Waals surface area contributed by atoms with E-state index >= 15 is 0 Å². The van der Waals surface area contributed by atoms with Crippen LogP contribution in [0.1, 0.15) is 24.1 Å². The largest absolute Gasteiger partial charge is 0.481 e. The summed E-state index contributed by atoms with van der Waals surface area (Å²) in [5, 5.41) is 19.1. The molecule has 2 amide bonds. The number of hydrogen-bond donors (Lipinski definition) is 3. The summed E-state index contributed by atoms with van der Waals surface area (Å²) >= 11 is 6.01. The Labute approximate surface area is 151 Å². The van der Waals surface area contributed by atoms with Crippen molar-refractivity contribution in [3.8, 4) is 0 Å². The molecule has 1 heterocycles. The molecule has 134 valence electrons. The first-order valence-electron chi connectivity index (χ1n) is 7.92. The van der Waals surface area contributed by atoms with Gasteiger partial charge in [-0.05, 0) is 18.4 Å². The number of aliphatic carboxylic acids is 1. The topological polar surface area (TPSA) is 96.2 Å². The number of carbonyl (C=O) groups is 2. The van der Waals surface area contributed by atoms with E-state index in [2.05, 4.69) is 15.7 Å². The third-order valence-electron chi connectivity index (χ3n) is 3.64. The highest BCUT2D eigenvalue weighted by molar-refractivity contribution is 6.31. The number of amides is 2. The Bertz CT molecular complexity index is 718. The SMILES string of the molecule is Cn1cc(Cl)c(CNC(=O)NC(CCC(=O)O)Cc2ccccc2)n1. The zero-order valence-corrected chi connectivity index (χ0v) is 14.7.